The molecule has 0 amide bonds. The first-order valence-electron chi connectivity index (χ1n) is 10.3. The number of benzene rings is 4. The molecule has 0 N–H and O–H groups in total. The molecule has 35 heavy (non-hydrogen) atoms. The Labute approximate surface area is 208 Å². The number of ether oxygens (including phenoxy) is 2. The van der Waals surface area contributed by atoms with Gasteiger partial charge in [0.1, 0.15) is 34.8 Å². The topological polar surface area (TPSA) is 59.3 Å². The molecule has 4 nitrogen and oxygen atoms in total. The summed E-state index contributed by atoms with van der Waals surface area (Å²) in [7, 11) is 0. The quantitative estimate of drug-likeness (QED) is 0.212. The fourth-order valence-corrected chi connectivity index (χ4v) is 4.33. The van der Waals surface area contributed by atoms with Crippen molar-refractivity contribution in [3.05, 3.63) is 117 Å². The van der Waals surface area contributed by atoms with Crippen LogP contribution in [0, 0.1) is 23.0 Å². The molecule has 0 fully saturated rings. The monoisotopic (exact) mass is 507 g/mol. The third-order valence-electron chi connectivity index (χ3n) is 5.56. The zero-order chi connectivity index (χ0) is 24.7. The summed E-state index contributed by atoms with van der Waals surface area (Å²) in [6.45, 7) is 0. The molecule has 0 atom stereocenters. The second-order valence-corrected chi connectivity index (χ2v) is 8.62. The molecule has 5 rings (SSSR count). The predicted molar refractivity (Wildman–Crippen MR) is 127 cm³/mol. The van der Waals surface area contributed by atoms with E-state index in [0.717, 1.165) is 34.4 Å². The van der Waals surface area contributed by atoms with Gasteiger partial charge in [0.05, 0.1) is 5.56 Å². The first-order valence-corrected chi connectivity index (χ1v) is 11.1. The van der Waals surface area contributed by atoms with Gasteiger partial charge in [-0.25, -0.2) is 13.6 Å². The van der Waals surface area contributed by atoms with Crippen molar-refractivity contribution < 1.29 is 23.0 Å². The van der Waals surface area contributed by atoms with Crippen LogP contribution in [0.3, 0.4) is 0 Å². The minimum Gasteiger partial charge on any atom is -0.481 e. The van der Waals surface area contributed by atoms with Crippen LogP contribution < -0.4 is 9.47 Å². The normalized spacial score (nSPS) is 12.0. The summed E-state index contributed by atoms with van der Waals surface area (Å²) in [5.74, 6) is -2.93. The molecule has 0 aliphatic heterocycles. The highest BCUT2D eigenvalue weighted by molar-refractivity contribution is 6.31. The van der Waals surface area contributed by atoms with Gasteiger partial charge in [0.25, 0.3) is 0 Å². The molecule has 0 unspecified atom stereocenters. The van der Waals surface area contributed by atoms with Crippen LogP contribution >= 0.6 is 23.2 Å². The minimum atomic E-state index is -1.11. The Morgan fingerprint density at radius 2 is 1.34 bits per heavy atom. The molecule has 0 saturated carbocycles. The molecular formula is C27H13Cl2F2NO3. The molecule has 0 aromatic heterocycles. The number of fused-ring (bicyclic) bond motifs is 3. The molecule has 0 saturated heterocycles. The number of nitrogens with zero attached hydrogens (tertiary/aromatic N) is 1. The lowest BCUT2D eigenvalue weighted by molar-refractivity contribution is 0.0734. The van der Waals surface area contributed by atoms with Crippen molar-refractivity contribution in [2.45, 2.75) is 6.10 Å². The van der Waals surface area contributed by atoms with Gasteiger partial charge in [-0.1, -0.05) is 35.3 Å². The number of rotatable bonds is 4. The predicted octanol–water partition coefficient (Wildman–Crippen LogP) is 7.51. The first-order chi connectivity index (χ1) is 16.8. The molecule has 0 bridgehead atoms. The van der Waals surface area contributed by atoms with Gasteiger partial charge in [0.2, 0.25) is 0 Å². The maximum absolute atomic E-state index is 13.8. The molecule has 0 heterocycles. The maximum atomic E-state index is 13.8. The van der Waals surface area contributed by atoms with E-state index in [-0.39, 0.29) is 11.3 Å². The summed E-state index contributed by atoms with van der Waals surface area (Å²) in [5, 5.41) is 9.90. The Hall–Kier alpha value is -3.92. The Kier molecular flexibility index (Phi) is 5.89. The smallest absolute Gasteiger partial charge is 0.343 e. The van der Waals surface area contributed by atoms with Gasteiger partial charge in [-0.05, 0) is 59.7 Å². The van der Waals surface area contributed by atoms with E-state index >= 15 is 0 Å². The van der Waals surface area contributed by atoms with Crippen LogP contribution in [0.1, 0.15) is 33.2 Å². The highest BCUT2D eigenvalue weighted by Gasteiger charge is 2.31. The summed E-state index contributed by atoms with van der Waals surface area (Å²) in [6, 6.07) is 20.3. The van der Waals surface area contributed by atoms with Crippen LogP contribution in [-0.2, 0) is 0 Å². The molecule has 0 radical (unpaired) electrons. The number of hydrogen-bond acceptors (Lipinski definition) is 4. The van der Waals surface area contributed by atoms with Crippen LogP contribution in [-0.4, -0.2) is 5.97 Å². The second kappa shape index (κ2) is 9.03. The average molecular weight is 508 g/mol. The number of hydrogen-bond donors (Lipinski definition) is 0. The molecular weight excluding hydrogens is 495 g/mol. The van der Waals surface area contributed by atoms with Gasteiger partial charge in [0.15, 0.2) is 6.10 Å². The van der Waals surface area contributed by atoms with Crippen molar-refractivity contribution in [1.29, 1.82) is 5.26 Å². The van der Waals surface area contributed by atoms with E-state index < -0.39 is 29.3 Å². The lowest BCUT2D eigenvalue weighted by Gasteiger charge is -2.17. The standard InChI is InChI=1S/C27H13Cl2F2NO3/c28-15-3-7-19-20-8-4-16(29)10-22(20)26(21(19)9-15)34-17-5-1-14(2-6-17)27(33)35-18-11-24(30)23(13-32)25(31)12-18/h1-12,26H. The van der Waals surface area contributed by atoms with E-state index in [0.29, 0.717) is 15.8 Å². The summed E-state index contributed by atoms with van der Waals surface area (Å²) in [5.41, 5.74) is 3.16. The summed E-state index contributed by atoms with van der Waals surface area (Å²) < 4.78 is 38.9. The fourth-order valence-electron chi connectivity index (χ4n) is 3.97. The highest BCUT2D eigenvalue weighted by atomic mass is 35.5. The lowest BCUT2D eigenvalue weighted by atomic mass is 10.1. The zero-order valence-corrected chi connectivity index (χ0v) is 19.2. The van der Waals surface area contributed by atoms with Crippen LogP contribution in [0.15, 0.2) is 72.8 Å². The van der Waals surface area contributed by atoms with Gasteiger partial charge >= 0.3 is 5.97 Å². The fraction of sp³-hybridized carbons (Fsp3) is 0.0370. The van der Waals surface area contributed by atoms with Crippen molar-refractivity contribution in [2.75, 3.05) is 0 Å². The Balaban J connectivity index is 1.38. The Morgan fingerprint density at radius 3 is 1.86 bits per heavy atom. The summed E-state index contributed by atoms with van der Waals surface area (Å²) in [6.07, 6.45) is -0.459. The molecule has 1 aliphatic carbocycles. The number of halogens is 4. The van der Waals surface area contributed by atoms with Crippen LogP contribution in [0.5, 0.6) is 11.5 Å². The van der Waals surface area contributed by atoms with Crippen molar-refractivity contribution in [2.24, 2.45) is 0 Å². The van der Waals surface area contributed by atoms with Crippen LogP contribution in [0.25, 0.3) is 11.1 Å². The minimum absolute atomic E-state index is 0.140. The lowest BCUT2D eigenvalue weighted by Crippen LogP contribution is -2.10. The molecule has 8 heteroatoms. The molecule has 0 spiro atoms. The van der Waals surface area contributed by atoms with Gasteiger partial charge in [-0.3, -0.25) is 0 Å². The Bertz CT molecular complexity index is 1460. The summed E-state index contributed by atoms with van der Waals surface area (Å²) >= 11 is 12.5. The van der Waals surface area contributed by atoms with Crippen molar-refractivity contribution in [1.82, 2.24) is 0 Å². The average Bonchev–Trinajstić information content (AvgIpc) is 3.11. The third kappa shape index (κ3) is 4.32. The van der Waals surface area contributed by atoms with Crippen LogP contribution in [0.2, 0.25) is 10.0 Å². The summed E-state index contributed by atoms with van der Waals surface area (Å²) in [4.78, 5) is 12.4. The third-order valence-corrected chi connectivity index (χ3v) is 6.03. The second-order valence-electron chi connectivity index (χ2n) is 7.75. The van der Waals surface area contributed by atoms with Gasteiger partial charge < -0.3 is 9.47 Å². The van der Waals surface area contributed by atoms with Gasteiger partial charge in [-0.2, -0.15) is 5.26 Å². The zero-order valence-electron chi connectivity index (χ0n) is 17.7. The number of carbonyl (C=O) groups is 1. The SMILES string of the molecule is N#Cc1c(F)cc(OC(=O)c2ccc(OC3c4cc(Cl)ccc4-c4ccc(Cl)cc43)cc2)cc1F. The van der Waals surface area contributed by atoms with Crippen molar-refractivity contribution >= 4 is 29.2 Å². The highest BCUT2D eigenvalue weighted by Crippen LogP contribution is 2.47. The van der Waals surface area contributed by atoms with Gasteiger partial charge in [0, 0.05) is 33.3 Å². The van der Waals surface area contributed by atoms with E-state index in [9.17, 15) is 13.6 Å². The first kappa shape index (κ1) is 22.9. The van der Waals surface area contributed by atoms with E-state index in [1.165, 1.54) is 18.2 Å². The largest absolute Gasteiger partial charge is 0.481 e. The van der Waals surface area contributed by atoms with E-state index in [2.05, 4.69) is 0 Å². The molecule has 1 aliphatic rings. The molecule has 4 aromatic rings. The van der Waals surface area contributed by atoms with E-state index in [1.54, 1.807) is 12.1 Å². The molecule has 4 aromatic carbocycles. The van der Waals surface area contributed by atoms with Crippen molar-refractivity contribution in [3.8, 4) is 28.7 Å². The molecule has 172 valence electrons. The number of nitriles is 1. The van der Waals surface area contributed by atoms with E-state index in [1.807, 2.05) is 36.4 Å². The van der Waals surface area contributed by atoms with Gasteiger partial charge in [-0.15, -0.1) is 0 Å². The Morgan fingerprint density at radius 1 is 0.800 bits per heavy atom. The number of carbonyl (C=O) groups excluding carboxylic acids is 1. The van der Waals surface area contributed by atoms with Crippen molar-refractivity contribution in [3.63, 3.8) is 0 Å². The maximum Gasteiger partial charge on any atom is 0.343 e. The van der Waals surface area contributed by atoms with Crippen LogP contribution in [0.4, 0.5) is 8.78 Å². The number of esters is 1. The van der Waals surface area contributed by atoms with E-state index in [4.69, 9.17) is 37.9 Å².